The largest absolute Gasteiger partial charge is 0.478 e. The van der Waals surface area contributed by atoms with Crippen LogP contribution in [0.15, 0.2) is 10.7 Å². The topological polar surface area (TPSA) is 81.8 Å². The second-order valence-electron chi connectivity index (χ2n) is 4.11. The molecule has 94 valence electrons. The third-order valence-electron chi connectivity index (χ3n) is 2.95. The SMILES string of the molecule is COCC1(c2oncc2C(=O)O)CCCCO1. The van der Waals surface area contributed by atoms with Gasteiger partial charge in [0.05, 0.1) is 12.8 Å². The van der Waals surface area contributed by atoms with Crippen molar-refractivity contribution in [3.8, 4) is 0 Å². The zero-order chi connectivity index (χ0) is 12.3. The van der Waals surface area contributed by atoms with Crippen LogP contribution in [0.5, 0.6) is 0 Å². The Hall–Kier alpha value is -1.40. The van der Waals surface area contributed by atoms with Crippen molar-refractivity contribution in [1.82, 2.24) is 5.16 Å². The summed E-state index contributed by atoms with van der Waals surface area (Å²) in [6.07, 6.45) is 3.79. The average molecular weight is 241 g/mol. The highest BCUT2D eigenvalue weighted by atomic mass is 16.6. The number of hydrogen-bond acceptors (Lipinski definition) is 5. The molecule has 2 rings (SSSR count). The quantitative estimate of drug-likeness (QED) is 0.858. The molecule has 1 saturated heterocycles. The minimum absolute atomic E-state index is 0.0453. The third kappa shape index (κ3) is 2.18. The lowest BCUT2D eigenvalue weighted by Gasteiger charge is -2.34. The van der Waals surface area contributed by atoms with Crippen LogP contribution in [0, 0.1) is 0 Å². The Labute approximate surface area is 98.5 Å². The van der Waals surface area contributed by atoms with Gasteiger partial charge in [-0.25, -0.2) is 4.79 Å². The predicted molar refractivity (Wildman–Crippen MR) is 56.8 cm³/mol. The van der Waals surface area contributed by atoms with Gasteiger partial charge >= 0.3 is 5.97 Å². The van der Waals surface area contributed by atoms with E-state index in [2.05, 4.69) is 5.16 Å². The molecule has 1 aliphatic rings. The Morgan fingerprint density at radius 2 is 2.47 bits per heavy atom. The van der Waals surface area contributed by atoms with Crippen LogP contribution in [0.25, 0.3) is 0 Å². The first kappa shape index (κ1) is 12.1. The first-order valence-corrected chi connectivity index (χ1v) is 5.51. The number of aromatic carboxylic acids is 1. The number of carbonyl (C=O) groups is 1. The normalized spacial score (nSPS) is 24.8. The van der Waals surface area contributed by atoms with Crippen molar-refractivity contribution in [3.63, 3.8) is 0 Å². The van der Waals surface area contributed by atoms with E-state index in [1.54, 1.807) is 7.11 Å². The number of methoxy groups -OCH3 is 1. The van der Waals surface area contributed by atoms with Crippen LogP contribution in [0.3, 0.4) is 0 Å². The van der Waals surface area contributed by atoms with Gasteiger partial charge in [0.25, 0.3) is 0 Å². The summed E-state index contributed by atoms with van der Waals surface area (Å²) in [6, 6.07) is 0. The summed E-state index contributed by atoms with van der Waals surface area (Å²) >= 11 is 0. The molecule has 1 atom stereocenters. The highest BCUT2D eigenvalue weighted by molar-refractivity contribution is 5.88. The highest BCUT2D eigenvalue weighted by Crippen LogP contribution is 2.37. The maximum atomic E-state index is 11.1. The molecule has 0 aromatic carbocycles. The van der Waals surface area contributed by atoms with E-state index in [0.717, 1.165) is 12.8 Å². The van der Waals surface area contributed by atoms with Gasteiger partial charge in [-0.05, 0) is 19.3 Å². The molecule has 1 fully saturated rings. The molecule has 6 heteroatoms. The lowest BCUT2D eigenvalue weighted by atomic mass is 9.90. The van der Waals surface area contributed by atoms with Gasteiger partial charge in [0.15, 0.2) is 11.4 Å². The molecule has 0 amide bonds. The number of carboxylic acid groups (broad SMARTS) is 1. The zero-order valence-electron chi connectivity index (χ0n) is 9.64. The monoisotopic (exact) mass is 241 g/mol. The zero-order valence-corrected chi connectivity index (χ0v) is 9.64. The fourth-order valence-electron chi connectivity index (χ4n) is 2.16. The summed E-state index contributed by atoms with van der Waals surface area (Å²) in [4.78, 5) is 11.1. The van der Waals surface area contributed by atoms with Gasteiger partial charge in [-0.3, -0.25) is 0 Å². The van der Waals surface area contributed by atoms with E-state index < -0.39 is 11.6 Å². The Balaban J connectivity index is 2.37. The molecule has 1 aliphatic heterocycles. The molecule has 0 aliphatic carbocycles. The molecule has 6 nitrogen and oxygen atoms in total. The average Bonchev–Trinajstić information content (AvgIpc) is 2.80. The standard InChI is InChI=1S/C11H15NO5/c1-15-7-11(4-2-3-5-16-11)9-8(10(13)14)6-12-17-9/h6H,2-5,7H2,1H3,(H,13,14). The smallest absolute Gasteiger partial charge is 0.341 e. The minimum atomic E-state index is -1.06. The predicted octanol–water partition coefficient (Wildman–Crippen LogP) is 1.42. The first-order chi connectivity index (χ1) is 8.19. The molecule has 1 aromatic rings. The Morgan fingerprint density at radius 1 is 1.65 bits per heavy atom. The van der Waals surface area contributed by atoms with E-state index in [0.29, 0.717) is 13.0 Å². The fraction of sp³-hybridized carbons (Fsp3) is 0.636. The molecular weight excluding hydrogens is 226 g/mol. The van der Waals surface area contributed by atoms with Crippen molar-refractivity contribution in [2.45, 2.75) is 24.9 Å². The maximum absolute atomic E-state index is 11.1. The van der Waals surface area contributed by atoms with Gasteiger partial charge in [0.2, 0.25) is 0 Å². The van der Waals surface area contributed by atoms with E-state index >= 15 is 0 Å². The van der Waals surface area contributed by atoms with Gasteiger partial charge in [-0.1, -0.05) is 5.16 Å². The molecule has 0 spiro atoms. The number of nitrogens with zero attached hydrogens (tertiary/aromatic N) is 1. The van der Waals surface area contributed by atoms with Crippen LogP contribution in [-0.4, -0.2) is 36.6 Å². The van der Waals surface area contributed by atoms with E-state index in [-0.39, 0.29) is 17.9 Å². The lowest BCUT2D eigenvalue weighted by molar-refractivity contribution is -0.135. The van der Waals surface area contributed by atoms with Crippen LogP contribution in [0.4, 0.5) is 0 Å². The summed E-state index contributed by atoms with van der Waals surface area (Å²) in [5.41, 5.74) is -0.763. The van der Waals surface area contributed by atoms with Crippen molar-refractivity contribution in [1.29, 1.82) is 0 Å². The van der Waals surface area contributed by atoms with Gasteiger partial charge < -0.3 is 19.1 Å². The van der Waals surface area contributed by atoms with Gasteiger partial charge in [0.1, 0.15) is 5.56 Å². The van der Waals surface area contributed by atoms with Crippen molar-refractivity contribution in [3.05, 3.63) is 17.5 Å². The van der Waals surface area contributed by atoms with E-state index in [9.17, 15) is 4.79 Å². The van der Waals surface area contributed by atoms with E-state index in [4.69, 9.17) is 19.1 Å². The number of aromatic nitrogens is 1. The van der Waals surface area contributed by atoms with Crippen LogP contribution >= 0.6 is 0 Å². The minimum Gasteiger partial charge on any atom is -0.478 e. The molecule has 1 unspecified atom stereocenters. The van der Waals surface area contributed by atoms with Crippen molar-refractivity contribution in [2.75, 3.05) is 20.3 Å². The number of rotatable bonds is 4. The second-order valence-corrected chi connectivity index (χ2v) is 4.11. The molecule has 1 aromatic heterocycles. The van der Waals surface area contributed by atoms with Crippen molar-refractivity contribution in [2.24, 2.45) is 0 Å². The molecule has 0 bridgehead atoms. The highest BCUT2D eigenvalue weighted by Gasteiger charge is 2.42. The number of ether oxygens (including phenoxy) is 2. The van der Waals surface area contributed by atoms with Crippen LogP contribution in [-0.2, 0) is 15.1 Å². The second kappa shape index (κ2) is 4.85. The molecule has 0 radical (unpaired) electrons. The summed E-state index contributed by atoms with van der Waals surface area (Å²) in [5, 5.41) is 12.6. The molecule has 2 heterocycles. The van der Waals surface area contributed by atoms with Crippen LogP contribution < -0.4 is 0 Å². The van der Waals surface area contributed by atoms with Crippen LogP contribution in [0.1, 0.15) is 35.4 Å². The third-order valence-corrected chi connectivity index (χ3v) is 2.95. The fourth-order valence-corrected chi connectivity index (χ4v) is 2.16. The van der Waals surface area contributed by atoms with Crippen molar-refractivity contribution >= 4 is 5.97 Å². The molecule has 17 heavy (non-hydrogen) atoms. The Bertz CT molecular complexity index is 389. The van der Waals surface area contributed by atoms with Crippen molar-refractivity contribution < 1.29 is 23.9 Å². The summed E-state index contributed by atoms with van der Waals surface area (Å²) in [5.74, 6) is -0.808. The van der Waals surface area contributed by atoms with Crippen LogP contribution in [0.2, 0.25) is 0 Å². The van der Waals surface area contributed by atoms with E-state index in [1.807, 2.05) is 0 Å². The van der Waals surface area contributed by atoms with Gasteiger partial charge in [0, 0.05) is 13.7 Å². The summed E-state index contributed by atoms with van der Waals surface area (Å²) in [6.45, 7) is 0.839. The molecular formula is C11H15NO5. The van der Waals surface area contributed by atoms with Gasteiger partial charge in [-0.2, -0.15) is 0 Å². The van der Waals surface area contributed by atoms with E-state index in [1.165, 1.54) is 6.20 Å². The summed E-state index contributed by atoms with van der Waals surface area (Å²) < 4.78 is 15.9. The first-order valence-electron chi connectivity index (χ1n) is 5.51. The Morgan fingerprint density at radius 3 is 3.06 bits per heavy atom. The number of carboxylic acids is 1. The molecule has 0 saturated carbocycles. The lowest BCUT2D eigenvalue weighted by Crippen LogP contribution is -2.38. The maximum Gasteiger partial charge on any atom is 0.341 e. The Kier molecular flexibility index (Phi) is 3.44. The molecule has 1 N–H and O–H groups in total. The summed E-state index contributed by atoms with van der Waals surface area (Å²) in [7, 11) is 1.55. The number of hydrogen-bond donors (Lipinski definition) is 1. The van der Waals surface area contributed by atoms with Gasteiger partial charge in [-0.15, -0.1) is 0 Å².